The summed E-state index contributed by atoms with van der Waals surface area (Å²) in [6.45, 7) is 0.817. The molecule has 0 unspecified atom stereocenters. The number of hydrogen-bond acceptors (Lipinski definition) is 8. The van der Waals surface area contributed by atoms with Gasteiger partial charge in [-0.05, 0) is 42.1 Å². The zero-order chi connectivity index (χ0) is 21.0. The Morgan fingerprint density at radius 2 is 1.71 bits per heavy atom. The van der Waals surface area contributed by atoms with Crippen molar-refractivity contribution in [3.8, 4) is 0 Å². The Labute approximate surface area is 196 Å². The highest BCUT2D eigenvalue weighted by molar-refractivity contribution is 8.01. The number of rotatable bonds is 7. The van der Waals surface area contributed by atoms with Crippen LogP contribution in [0.3, 0.4) is 0 Å². The maximum atomic E-state index is 13.2. The quantitative estimate of drug-likeness (QED) is 0.318. The van der Waals surface area contributed by atoms with Crippen LogP contribution in [0.2, 0.25) is 0 Å². The SMILES string of the molecule is O=C(CSc1nnc(NCCc2cccs2)s1)N1c2ccccc2Sc2ccccc21. The van der Waals surface area contributed by atoms with Gasteiger partial charge in [-0.15, -0.1) is 21.5 Å². The molecule has 5 nitrogen and oxygen atoms in total. The maximum Gasteiger partial charge on any atom is 0.242 e. The third kappa shape index (κ3) is 4.64. The molecule has 1 aliphatic rings. The summed E-state index contributed by atoms with van der Waals surface area (Å²) >= 11 is 6.38. The molecule has 0 spiro atoms. The summed E-state index contributed by atoms with van der Waals surface area (Å²) in [6.07, 6.45) is 0.962. The highest BCUT2D eigenvalue weighted by atomic mass is 32.2. The number of nitrogens with zero attached hydrogens (tertiary/aromatic N) is 3. The normalized spacial score (nSPS) is 12.3. The van der Waals surface area contributed by atoms with E-state index in [1.54, 1.807) is 23.1 Å². The van der Waals surface area contributed by atoms with Gasteiger partial charge in [0.1, 0.15) is 0 Å². The van der Waals surface area contributed by atoms with Crippen molar-refractivity contribution in [3.05, 3.63) is 70.9 Å². The Morgan fingerprint density at radius 1 is 0.968 bits per heavy atom. The predicted molar refractivity (Wildman–Crippen MR) is 131 cm³/mol. The summed E-state index contributed by atoms with van der Waals surface area (Å²) in [6, 6.07) is 20.3. The van der Waals surface area contributed by atoms with E-state index in [2.05, 4.69) is 45.2 Å². The van der Waals surface area contributed by atoms with Crippen LogP contribution in [0.25, 0.3) is 0 Å². The molecule has 1 N–H and O–H groups in total. The standard InChI is InChI=1S/C22H18N4OS4/c27-20(14-29-22-25-24-21(31-22)23-12-11-15-6-5-13-28-15)26-16-7-1-3-9-18(16)30-19-10-4-2-8-17(19)26/h1-10,13H,11-12,14H2,(H,23,24). The maximum absolute atomic E-state index is 13.2. The van der Waals surface area contributed by atoms with Gasteiger partial charge in [-0.3, -0.25) is 9.69 Å². The number of amides is 1. The highest BCUT2D eigenvalue weighted by Gasteiger charge is 2.27. The van der Waals surface area contributed by atoms with E-state index in [4.69, 9.17) is 0 Å². The van der Waals surface area contributed by atoms with E-state index in [0.717, 1.165) is 43.6 Å². The van der Waals surface area contributed by atoms with Crippen molar-refractivity contribution in [2.75, 3.05) is 22.5 Å². The lowest BCUT2D eigenvalue weighted by Crippen LogP contribution is -2.29. The molecule has 0 saturated heterocycles. The average molecular weight is 483 g/mol. The van der Waals surface area contributed by atoms with E-state index in [-0.39, 0.29) is 5.91 Å². The minimum atomic E-state index is 0.0348. The summed E-state index contributed by atoms with van der Waals surface area (Å²) in [5.74, 6) is 0.338. The zero-order valence-corrected chi connectivity index (χ0v) is 19.6. The minimum absolute atomic E-state index is 0.0348. The topological polar surface area (TPSA) is 58.1 Å². The van der Waals surface area contributed by atoms with E-state index >= 15 is 0 Å². The number of hydrogen-bond donors (Lipinski definition) is 1. The molecule has 4 aromatic rings. The van der Waals surface area contributed by atoms with Gasteiger partial charge >= 0.3 is 0 Å². The molecule has 0 fully saturated rings. The number of fused-ring (bicyclic) bond motifs is 2. The number of carbonyl (C=O) groups excluding carboxylic acids is 1. The van der Waals surface area contributed by atoms with Crippen molar-refractivity contribution < 1.29 is 4.79 Å². The first-order valence-electron chi connectivity index (χ1n) is 9.69. The Balaban J connectivity index is 1.24. The van der Waals surface area contributed by atoms with Crippen LogP contribution in [0.4, 0.5) is 16.5 Å². The smallest absolute Gasteiger partial charge is 0.242 e. The summed E-state index contributed by atoms with van der Waals surface area (Å²) < 4.78 is 0.792. The second-order valence-corrected chi connectivity index (χ2v) is 11.0. The van der Waals surface area contributed by atoms with Crippen LogP contribution in [-0.4, -0.2) is 28.4 Å². The Hall–Kier alpha value is -2.33. The highest BCUT2D eigenvalue weighted by Crippen LogP contribution is 2.48. The Bertz CT molecular complexity index is 1150. The van der Waals surface area contributed by atoms with Crippen molar-refractivity contribution in [1.82, 2.24) is 10.2 Å². The number of carbonyl (C=O) groups is 1. The van der Waals surface area contributed by atoms with Gasteiger partial charge in [0.05, 0.1) is 17.1 Å². The lowest BCUT2D eigenvalue weighted by Gasteiger charge is -2.30. The molecular formula is C22H18N4OS4. The first-order chi connectivity index (χ1) is 15.3. The molecule has 9 heteroatoms. The van der Waals surface area contributed by atoms with Crippen LogP contribution in [0.15, 0.2) is 80.2 Å². The molecule has 156 valence electrons. The van der Waals surface area contributed by atoms with Gasteiger partial charge in [0.2, 0.25) is 11.0 Å². The lowest BCUT2D eigenvalue weighted by molar-refractivity contribution is -0.115. The van der Waals surface area contributed by atoms with Crippen molar-refractivity contribution in [1.29, 1.82) is 0 Å². The first kappa shape index (κ1) is 20.6. The second-order valence-electron chi connectivity index (χ2n) is 6.68. The molecule has 0 radical (unpaired) electrons. The van der Waals surface area contributed by atoms with E-state index in [9.17, 15) is 4.79 Å². The molecule has 0 bridgehead atoms. The van der Waals surface area contributed by atoms with Gasteiger partial charge in [0.15, 0.2) is 4.34 Å². The van der Waals surface area contributed by atoms with Gasteiger partial charge in [-0.1, -0.05) is 65.2 Å². The predicted octanol–water partition coefficient (Wildman–Crippen LogP) is 6.18. The molecule has 0 aliphatic carbocycles. The fourth-order valence-corrected chi connectivity index (χ4v) is 6.64. The fraction of sp³-hybridized carbons (Fsp3) is 0.136. The van der Waals surface area contributed by atoms with Crippen molar-refractivity contribution in [3.63, 3.8) is 0 Å². The third-order valence-corrected chi connectivity index (χ3v) is 8.70. The number of nitrogens with one attached hydrogen (secondary N) is 1. The van der Waals surface area contributed by atoms with Crippen LogP contribution in [0.5, 0.6) is 0 Å². The Morgan fingerprint density at radius 3 is 2.42 bits per heavy atom. The monoisotopic (exact) mass is 482 g/mol. The minimum Gasteiger partial charge on any atom is -0.360 e. The van der Waals surface area contributed by atoms with E-state index in [1.807, 2.05) is 41.3 Å². The van der Waals surface area contributed by atoms with Crippen LogP contribution in [0, 0.1) is 0 Å². The average Bonchev–Trinajstić information content (AvgIpc) is 3.48. The number of anilines is 3. The molecular weight excluding hydrogens is 465 g/mol. The molecule has 31 heavy (non-hydrogen) atoms. The number of thioether (sulfide) groups is 1. The summed E-state index contributed by atoms with van der Waals surface area (Å²) in [5, 5.41) is 14.6. The molecule has 2 aromatic carbocycles. The molecule has 0 saturated carbocycles. The van der Waals surface area contributed by atoms with E-state index < -0.39 is 0 Å². The van der Waals surface area contributed by atoms with Gasteiger partial charge < -0.3 is 5.32 Å². The van der Waals surface area contributed by atoms with Crippen molar-refractivity contribution in [2.45, 2.75) is 20.6 Å². The fourth-order valence-electron chi connectivity index (χ4n) is 3.25. The lowest BCUT2D eigenvalue weighted by atomic mass is 10.2. The molecule has 0 atom stereocenters. The summed E-state index contributed by atoms with van der Waals surface area (Å²) in [5.41, 5.74) is 1.87. The van der Waals surface area contributed by atoms with Crippen LogP contribution in [0.1, 0.15) is 4.88 Å². The largest absolute Gasteiger partial charge is 0.360 e. The zero-order valence-electron chi connectivity index (χ0n) is 16.4. The summed E-state index contributed by atoms with van der Waals surface area (Å²) in [7, 11) is 0. The van der Waals surface area contributed by atoms with Crippen molar-refractivity contribution >= 4 is 68.6 Å². The van der Waals surface area contributed by atoms with Gasteiger partial charge in [-0.25, -0.2) is 0 Å². The molecule has 5 rings (SSSR count). The third-order valence-electron chi connectivity index (χ3n) is 4.63. The van der Waals surface area contributed by atoms with Gasteiger partial charge in [0, 0.05) is 21.2 Å². The van der Waals surface area contributed by atoms with E-state index in [1.165, 1.54) is 28.0 Å². The summed E-state index contributed by atoms with van der Waals surface area (Å²) in [4.78, 5) is 18.6. The molecule has 1 amide bonds. The van der Waals surface area contributed by atoms with E-state index in [0.29, 0.717) is 5.75 Å². The number of benzene rings is 2. The Kier molecular flexibility index (Phi) is 6.26. The molecule has 2 aromatic heterocycles. The second kappa shape index (κ2) is 9.44. The first-order valence-corrected chi connectivity index (χ1v) is 13.2. The number of para-hydroxylation sites is 2. The van der Waals surface area contributed by atoms with Crippen LogP contribution < -0.4 is 10.2 Å². The number of thiophene rings is 1. The van der Waals surface area contributed by atoms with Gasteiger partial charge in [0.25, 0.3) is 0 Å². The van der Waals surface area contributed by atoms with Crippen LogP contribution >= 0.6 is 46.2 Å². The van der Waals surface area contributed by atoms with Crippen molar-refractivity contribution in [2.24, 2.45) is 0 Å². The molecule has 3 heterocycles. The number of aromatic nitrogens is 2. The van der Waals surface area contributed by atoms with Gasteiger partial charge in [-0.2, -0.15) is 0 Å². The van der Waals surface area contributed by atoms with Crippen LogP contribution in [-0.2, 0) is 11.2 Å². The molecule has 1 aliphatic heterocycles.